The summed E-state index contributed by atoms with van der Waals surface area (Å²) in [4.78, 5) is 37.0. The van der Waals surface area contributed by atoms with Gasteiger partial charge in [-0.25, -0.2) is 4.79 Å². The molecule has 0 aliphatic carbocycles. The summed E-state index contributed by atoms with van der Waals surface area (Å²) in [7, 11) is 0. The van der Waals surface area contributed by atoms with Crippen LogP contribution in [-0.2, 0) is 19.1 Å². The van der Waals surface area contributed by atoms with Crippen molar-refractivity contribution in [2.45, 2.75) is 52.2 Å². The van der Waals surface area contributed by atoms with E-state index >= 15 is 0 Å². The standard InChI is InChI=1S/C14H23N3O5/c1-4-22-12(7-9(2)3)13(19)17-11(14(20)21)6-5-10(18)8-16-15/h8-9,11-12H,4-7H2,1-3H3,(H,17,19)(H,20,21)/t11-,12-/m0/s1. The quantitative estimate of drug-likeness (QED) is 0.329. The van der Waals surface area contributed by atoms with E-state index in [9.17, 15) is 14.4 Å². The Morgan fingerprint density at radius 2 is 2.00 bits per heavy atom. The lowest BCUT2D eigenvalue weighted by Gasteiger charge is -2.21. The van der Waals surface area contributed by atoms with Gasteiger partial charge in [-0.3, -0.25) is 9.59 Å². The Morgan fingerprint density at radius 1 is 1.36 bits per heavy atom. The number of ketones is 1. The highest BCUT2D eigenvalue weighted by Gasteiger charge is 2.26. The molecule has 0 unspecified atom stereocenters. The maximum Gasteiger partial charge on any atom is 0.326 e. The first-order valence-corrected chi connectivity index (χ1v) is 7.16. The van der Waals surface area contributed by atoms with Crippen LogP contribution in [0.1, 0.15) is 40.0 Å². The van der Waals surface area contributed by atoms with Crippen LogP contribution in [0, 0.1) is 5.92 Å². The second-order valence-electron chi connectivity index (χ2n) is 5.22. The Bertz CT molecular complexity index is 444. The van der Waals surface area contributed by atoms with Crippen molar-refractivity contribution >= 4 is 23.9 Å². The van der Waals surface area contributed by atoms with E-state index in [0.29, 0.717) is 19.2 Å². The minimum atomic E-state index is -1.23. The molecule has 0 saturated heterocycles. The zero-order valence-electron chi connectivity index (χ0n) is 13.1. The van der Waals surface area contributed by atoms with Gasteiger partial charge in [-0.1, -0.05) is 13.8 Å². The molecule has 8 nitrogen and oxygen atoms in total. The molecule has 2 atom stereocenters. The number of nitrogens with zero attached hydrogens (tertiary/aromatic N) is 2. The lowest BCUT2D eigenvalue weighted by Crippen LogP contribution is -2.46. The second-order valence-corrected chi connectivity index (χ2v) is 5.22. The lowest BCUT2D eigenvalue weighted by atomic mass is 10.0. The van der Waals surface area contributed by atoms with E-state index in [1.54, 1.807) is 6.92 Å². The van der Waals surface area contributed by atoms with Crippen LogP contribution in [0.4, 0.5) is 0 Å². The zero-order chi connectivity index (χ0) is 17.1. The smallest absolute Gasteiger partial charge is 0.326 e. The first-order chi connectivity index (χ1) is 10.3. The van der Waals surface area contributed by atoms with Crippen molar-refractivity contribution in [3.05, 3.63) is 5.53 Å². The van der Waals surface area contributed by atoms with E-state index in [1.165, 1.54) is 0 Å². The van der Waals surface area contributed by atoms with Gasteiger partial charge in [-0.05, 0) is 25.7 Å². The van der Waals surface area contributed by atoms with Gasteiger partial charge >= 0.3 is 12.2 Å². The van der Waals surface area contributed by atoms with Crippen molar-refractivity contribution in [2.24, 2.45) is 5.92 Å². The van der Waals surface area contributed by atoms with Gasteiger partial charge in [0.05, 0.1) is 0 Å². The SMILES string of the molecule is CCO[C@@H](CC(C)C)C(=O)N[C@@H](CCC(=O)C=[N+]=[N-])C(=O)O. The summed E-state index contributed by atoms with van der Waals surface area (Å²) in [5, 5.41) is 11.5. The lowest BCUT2D eigenvalue weighted by molar-refractivity contribution is -0.145. The average Bonchev–Trinajstić information content (AvgIpc) is 2.42. The minimum Gasteiger partial charge on any atom is -0.480 e. The fraction of sp³-hybridized carbons (Fsp3) is 0.714. The van der Waals surface area contributed by atoms with E-state index in [1.807, 2.05) is 13.8 Å². The Labute approximate surface area is 129 Å². The number of hydrogen-bond donors (Lipinski definition) is 2. The predicted octanol–water partition coefficient (Wildman–Crippen LogP) is 0.657. The zero-order valence-corrected chi connectivity index (χ0v) is 13.1. The first-order valence-electron chi connectivity index (χ1n) is 7.16. The molecule has 8 heteroatoms. The molecule has 2 N–H and O–H groups in total. The van der Waals surface area contributed by atoms with E-state index < -0.39 is 29.8 Å². The number of nitrogens with one attached hydrogen (secondary N) is 1. The number of carboxylic acids is 1. The predicted molar refractivity (Wildman–Crippen MR) is 78.4 cm³/mol. The molecule has 0 fully saturated rings. The van der Waals surface area contributed by atoms with E-state index in [2.05, 4.69) is 10.1 Å². The summed E-state index contributed by atoms with van der Waals surface area (Å²) in [6.07, 6.45) is 0.212. The van der Waals surface area contributed by atoms with Crippen LogP contribution in [0.15, 0.2) is 0 Å². The Hall–Kier alpha value is -2.05. The molecule has 0 aromatic carbocycles. The summed E-state index contributed by atoms with van der Waals surface area (Å²) in [5.74, 6) is -2.05. The fourth-order valence-corrected chi connectivity index (χ4v) is 1.82. The number of aliphatic carboxylic acids is 1. The molecule has 0 radical (unpaired) electrons. The monoisotopic (exact) mass is 313 g/mol. The number of amides is 1. The van der Waals surface area contributed by atoms with Crippen LogP contribution in [-0.4, -0.2) is 52.5 Å². The summed E-state index contributed by atoms with van der Waals surface area (Å²) in [6.45, 7) is 5.96. The number of carboxylic acid groups (broad SMARTS) is 1. The molecule has 0 aliphatic heterocycles. The minimum absolute atomic E-state index is 0.0908. The molecule has 124 valence electrons. The van der Waals surface area contributed by atoms with Gasteiger partial charge in [0.25, 0.3) is 0 Å². The second kappa shape index (κ2) is 10.6. The number of rotatable bonds is 11. The van der Waals surface area contributed by atoms with Gasteiger partial charge < -0.3 is 20.7 Å². The van der Waals surface area contributed by atoms with Crippen molar-refractivity contribution in [1.82, 2.24) is 5.32 Å². The number of Topliss-reactive ketones (excluding diaryl/α,β-unsaturated/α-hetero) is 1. The van der Waals surface area contributed by atoms with Crippen molar-refractivity contribution < 1.29 is 29.0 Å². The third-order valence-electron chi connectivity index (χ3n) is 2.84. The largest absolute Gasteiger partial charge is 0.480 e. The van der Waals surface area contributed by atoms with Gasteiger partial charge in [-0.15, -0.1) is 0 Å². The number of hydrogen-bond acceptors (Lipinski definition) is 4. The van der Waals surface area contributed by atoms with Gasteiger partial charge in [0.1, 0.15) is 12.1 Å². The normalized spacial score (nSPS) is 13.1. The van der Waals surface area contributed by atoms with E-state index in [4.69, 9.17) is 15.4 Å². The molecule has 0 aromatic rings. The molecule has 0 heterocycles. The topological polar surface area (TPSA) is 129 Å². The average molecular weight is 313 g/mol. The van der Waals surface area contributed by atoms with Gasteiger partial charge in [0.2, 0.25) is 11.7 Å². The summed E-state index contributed by atoms with van der Waals surface area (Å²) in [5.41, 5.74) is 8.22. The Morgan fingerprint density at radius 3 is 2.45 bits per heavy atom. The van der Waals surface area contributed by atoms with Crippen LogP contribution in [0.3, 0.4) is 0 Å². The van der Waals surface area contributed by atoms with Gasteiger partial charge in [0.15, 0.2) is 0 Å². The van der Waals surface area contributed by atoms with Crippen molar-refractivity contribution in [3.63, 3.8) is 0 Å². The highest BCUT2D eigenvalue weighted by atomic mass is 16.5. The van der Waals surface area contributed by atoms with Crippen molar-refractivity contribution in [1.29, 1.82) is 0 Å². The molecule has 0 aromatic heterocycles. The molecule has 22 heavy (non-hydrogen) atoms. The molecule has 1 amide bonds. The van der Waals surface area contributed by atoms with Crippen molar-refractivity contribution in [3.8, 4) is 0 Å². The van der Waals surface area contributed by atoms with Gasteiger partial charge in [0, 0.05) is 13.0 Å². The summed E-state index contributed by atoms with van der Waals surface area (Å²) >= 11 is 0. The molecule has 0 rings (SSSR count). The van der Waals surface area contributed by atoms with Crippen LogP contribution < -0.4 is 5.32 Å². The molecule has 0 bridgehead atoms. The maximum atomic E-state index is 12.1. The third kappa shape index (κ3) is 8.28. The van der Waals surface area contributed by atoms with Crippen LogP contribution >= 0.6 is 0 Å². The molecule has 0 aliphatic rings. The molecular weight excluding hydrogens is 290 g/mol. The third-order valence-corrected chi connectivity index (χ3v) is 2.84. The molecule has 0 saturated carbocycles. The van der Waals surface area contributed by atoms with Crippen LogP contribution in [0.25, 0.3) is 5.53 Å². The summed E-state index contributed by atoms with van der Waals surface area (Å²) in [6, 6.07) is -1.20. The van der Waals surface area contributed by atoms with Crippen LogP contribution in [0.2, 0.25) is 0 Å². The highest BCUT2D eigenvalue weighted by Crippen LogP contribution is 2.10. The van der Waals surface area contributed by atoms with Crippen molar-refractivity contribution in [2.75, 3.05) is 6.61 Å². The number of carbonyl (C=O) groups is 3. The fourth-order valence-electron chi connectivity index (χ4n) is 1.82. The summed E-state index contributed by atoms with van der Waals surface area (Å²) < 4.78 is 5.33. The maximum absolute atomic E-state index is 12.1. The van der Waals surface area contributed by atoms with Crippen LogP contribution in [0.5, 0.6) is 0 Å². The van der Waals surface area contributed by atoms with E-state index in [-0.39, 0.29) is 18.8 Å². The number of ether oxygens (including phenoxy) is 1. The highest BCUT2D eigenvalue weighted by molar-refractivity contribution is 6.25. The Kier molecular flexibility index (Phi) is 9.65. The first kappa shape index (κ1) is 19.9. The van der Waals surface area contributed by atoms with Gasteiger partial charge in [-0.2, -0.15) is 4.79 Å². The van der Waals surface area contributed by atoms with E-state index in [0.717, 1.165) is 0 Å². The molecular formula is C14H23N3O5. The molecule has 0 spiro atoms. The Balaban J connectivity index is 4.70. The number of carbonyl (C=O) groups excluding carboxylic acids is 2.